The second kappa shape index (κ2) is 8.74. The summed E-state index contributed by atoms with van der Waals surface area (Å²) in [5.74, 6) is -1.46. The average Bonchev–Trinajstić information content (AvgIpc) is 2.33. The first-order valence-corrected chi connectivity index (χ1v) is 6.24. The smallest absolute Gasteiger partial charge is 0.319 e. The van der Waals surface area contributed by atoms with Crippen LogP contribution in [0.15, 0.2) is 0 Å². The third-order valence-corrected chi connectivity index (χ3v) is 2.66. The number of aliphatic carboxylic acids is 1. The van der Waals surface area contributed by atoms with Gasteiger partial charge in [-0.2, -0.15) is 0 Å². The zero-order valence-corrected chi connectivity index (χ0v) is 11.7. The Labute approximate surface area is 109 Å². The Kier molecular flexibility index (Phi) is 8.11. The van der Waals surface area contributed by atoms with Gasteiger partial charge in [0.25, 0.3) is 0 Å². The van der Waals surface area contributed by atoms with Crippen LogP contribution in [-0.2, 0) is 9.53 Å². The summed E-state index contributed by atoms with van der Waals surface area (Å²) in [6, 6.07) is -0.162. The van der Waals surface area contributed by atoms with Crippen molar-refractivity contribution < 1.29 is 19.4 Å². The number of urea groups is 1. The highest BCUT2D eigenvalue weighted by atomic mass is 16.5. The molecule has 0 aliphatic rings. The summed E-state index contributed by atoms with van der Waals surface area (Å²) in [5, 5.41) is 8.81. The molecule has 0 radical (unpaired) electrons. The number of hydrogen-bond donors (Lipinski definition) is 1. The molecule has 0 aromatic heterocycles. The van der Waals surface area contributed by atoms with Gasteiger partial charge in [-0.1, -0.05) is 6.92 Å². The maximum Gasteiger partial charge on any atom is 0.319 e. The molecule has 0 fully saturated rings. The molecule has 0 aromatic rings. The van der Waals surface area contributed by atoms with Gasteiger partial charge in [0.15, 0.2) is 0 Å². The standard InChI is InChI=1S/C12H24N2O4/c1-5-14(7-8-18-6-2)12(17)13(4)9-10(3)11(15)16/h10H,5-9H2,1-4H3,(H,15,16). The number of ether oxygens (including phenoxy) is 1. The lowest BCUT2D eigenvalue weighted by atomic mass is 10.2. The Bertz CT molecular complexity index is 271. The molecule has 6 heteroatoms. The number of hydrogen-bond acceptors (Lipinski definition) is 3. The molecular weight excluding hydrogens is 236 g/mol. The molecule has 0 heterocycles. The van der Waals surface area contributed by atoms with E-state index in [1.807, 2.05) is 13.8 Å². The van der Waals surface area contributed by atoms with E-state index in [4.69, 9.17) is 9.84 Å². The Hall–Kier alpha value is -1.30. The minimum absolute atomic E-state index is 0.162. The molecular formula is C12H24N2O4. The predicted molar refractivity (Wildman–Crippen MR) is 68.6 cm³/mol. The van der Waals surface area contributed by atoms with Crippen LogP contribution in [0, 0.1) is 5.92 Å². The summed E-state index contributed by atoms with van der Waals surface area (Å²) in [4.78, 5) is 25.8. The molecule has 1 unspecified atom stereocenters. The summed E-state index contributed by atoms with van der Waals surface area (Å²) < 4.78 is 5.21. The van der Waals surface area contributed by atoms with Crippen LogP contribution in [0.4, 0.5) is 4.79 Å². The van der Waals surface area contributed by atoms with E-state index in [0.717, 1.165) is 0 Å². The number of carboxylic acid groups (broad SMARTS) is 1. The Morgan fingerprint density at radius 3 is 2.39 bits per heavy atom. The van der Waals surface area contributed by atoms with Crippen molar-refractivity contribution in [3.63, 3.8) is 0 Å². The van der Waals surface area contributed by atoms with Gasteiger partial charge in [0.1, 0.15) is 0 Å². The van der Waals surface area contributed by atoms with Gasteiger partial charge >= 0.3 is 12.0 Å². The van der Waals surface area contributed by atoms with Crippen LogP contribution >= 0.6 is 0 Å². The molecule has 2 amide bonds. The van der Waals surface area contributed by atoms with Crippen LogP contribution in [0.5, 0.6) is 0 Å². The van der Waals surface area contributed by atoms with Crippen molar-refractivity contribution in [1.82, 2.24) is 9.80 Å². The first-order chi connectivity index (χ1) is 8.43. The first kappa shape index (κ1) is 16.7. The van der Waals surface area contributed by atoms with Gasteiger partial charge < -0.3 is 19.6 Å². The van der Waals surface area contributed by atoms with E-state index in [-0.39, 0.29) is 12.6 Å². The average molecular weight is 260 g/mol. The van der Waals surface area contributed by atoms with E-state index in [2.05, 4.69) is 0 Å². The third kappa shape index (κ3) is 5.86. The van der Waals surface area contributed by atoms with Gasteiger partial charge in [-0.15, -0.1) is 0 Å². The van der Waals surface area contributed by atoms with Crippen molar-refractivity contribution in [3.8, 4) is 0 Å². The fourth-order valence-corrected chi connectivity index (χ4v) is 1.52. The molecule has 0 saturated heterocycles. The van der Waals surface area contributed by atoms with Crippen LogP contribution in [0.25, 0.3) is 0 Å². The molecule has 0 spiro atoms. The topological polar surface area (TPSA) is 70.1 Å². The van der Waals surface area contributed by atoms with Gasteiger partial charge in [-0.05, 0) is 13.8 Å². The van der Waals surface area contributed by atoms with Crippen LogP contribution in [-0.4, -0.2) is 66.8 Å². The lowest BCUT2D eigenvalue weighted by Crippen LogP contribution is -2.44. The number of amides is 2. The summed E-state index contributed by atoms with van der Waals surface area (Å²) >= 11 is 0. The quantitative estimate of drug-likeness (QED) is 0.664. The van der Waals surface area contributed by atoms with Crippen LogP contribution in [0.3, 0.4) is 0 Å². The molecule has 0 aliphatic carbocycles. The molecule has 0 rings (SSSR count). The maximum atomic E-state index is 12.0. The van der Waals surface area contributed by atoms with Crippen molar-refractivity contribution >= 4 is 12.0 Å². The number of carboxylic acids is 1. The van der Waals surface area contributed by atoms with E-state index < -0.39 is 11.9 Å². The Morgan fingerprint density at radius 2 is 1.94 bits per heavy atom. The van der Waals surface area contributed by atoms with Gasteiger partial charge in [0.05, 0.1) is 12.5 Å². The van der Waals surface area contributed by atoms with E-state index >= 15 is 0 Å². The zero-order valence-electron chi connectivity index (χ0n) is 11.7. The van der Waals surface area contributed by atoms with E-state index in [1.165, 1.54) is 4.90 Å². The highest BCUT2D eigenvalue weighted by molar-refractivity contribution is 5.75. The molecule has 1 atom stereocenters. The minimum atomic E-state index is -0.896. The van der Waals surface area contributed by atoms with Crippen molar-refractivity contribution in [2.45, 2.75) is 20.8 Å². The molecule has 18 heavy (non-hydrogen) atoms. The van der Waals surface area contributed by atoms with Crippen LogP contribution in [0.2, 0.25) is 0 Å². The summed E-state index contributed by atoms with van der Waals surface area (Å²) in [6.07, 6.45) is 0. The summed E-state index contributed by atoms with van der Waals surface area (Å²) in [5.41, 5.74) is 0. The zero-order chi connectivity index (χ0) is 14.1. The largest absolute Gasteiger partial charge is 0.481 e. The maximum absolute atomic E-state index is 12.0. The highest BCUT2D eigenvalue weighted by Crippen LogP contribution is 2.03. The van der Waals surface area contributed by atoms with Gasteiger partial charge in [-0.25, -0.2) is 4.79 Å². The van der Waals surface area contributed by atoms with Crippen molar-refractivity contribution in [1.29, 1.82) is 0 Å². The second-order valence-corrected chi connectivity index (χ2v) is 4.18. The minimum Gasteiger partial charge on any atom is -0.481 e. The number of rotatable bonds is 8. The molecule has 0 aliphatic heterocycles. The summed E-state index contributed by atoms with van der Waals surface area (Å²) in [7, 11) is 1.62. The van der Waals surface area contributed by atoms with Gasteiger partial charge in [0.2, 0.25) is 0 Å². The lowest BCUT2D eigenvalue weighted by Gasteiger charge is -2.28. The third-order valence-electron chi connectivity index (χ3n) is 2.66. The number of carbonyl (C=O) groups excluding carboxylic acids is 1. The molecule has 106 valence electrons. The Morgan fingerprint density at radius 1 is 1.33 bits per heavy atom. The first-order valence-electron chi connectivity index (χ1n) is 6.24. The lowest BCUT2D eigenvalue weighted by molar-refractivity contribution is -0.141. The Balaban J connectivity index is 4.26. The second-order valence-electron chi connectivity index (χ2n) is 4.18. The molecule has 6 nitrogen and oxygen atoms in total. The number of carbonyl (C=O) groups is 2. The number of nitrogens with zero attached hydrogens (tertiary/aromatic N) is 2. The summed E-state index contributed by atoms with van der Waals surface area (Å²) in [6.45, 7) is 7.81. The van der Waals surface area contributed by atoms with Crippen LogP contribution < -0.4 is 0 Å². The molecule has 1 N–H and O–H groups in total. The van der Waals surface area contributed by atoms with Crippen LogP contribution in [0.1, 0.15) is 20.8 Å². The van der Waals surface area contributed by atoms with Crippen molar-refractivity contribution in [3.05, 3.63) is 0 Å². The predicted octanol–water partition coefficient (Wildman–Crippen LogP) is 1.12. The van der Waals surface area contributed by atoms with E-state index in [1.54, 1.807) is 18.9 Å². The molecule has 0 saturated carbocycles. The normalized spacial score (nSPS) is 12.0. The van der Waals surface area contributed by atoms with Crippen molar-refractivity contribution in [2.24, 2.45) is 5.92 Å². The monoisotopic (exact) mass is 260 g/mol. The molecule has 0 aromatic carbocycles. The van der Waals surface area contributed by atoms with Crippen molar-refractivity contribution in [2.75, 3.05) is 39.9 Å². The fraction of sp³-hybridized carbons (Fsp3) is 0.833. The number of likely N-dealkylation sites (N-methyl/N-ethyl adjacent to an activating group) is 1. The molecule has 0 bridgehead atoms. The highest BCUT2D eigenvalue weighted by Gasteiger charge is 2.20. The fourth-order valence-electron chi connectivity index (χ4n) is 1.52. The van der Waals surface area contributed by atoms with E-state index in [0.29, 0.717) is 26.3 Å². The SMILES string of the molecule is CCOCCN(CC)C(=O)N(C)CC(C)C(=O)O. The van der Waals surface area contributed by atoms with E-state index in [9.17, 15) is 9.59 Å². The van der Waals surface area contributed by atoms with Gasteiger partial charge in [-0.3, -0.25) is 4.79 Å². The van der Waals surface area contributed by atoms with Gasteiger partial charge in [0, 0.05) is 33.3 Å².